The lowest BCUT2D eigenvalue weighted by molar-refractivity contribution is -0.122. The van der Waals surface area contributed by atoms with Crippen molar-refractivity contribution in [2.75, 3.05) is 5.32 Å². The number of para-hydroxylation sites is 1. The number of benzene rings is 1. The molecule has 2 aliphatic carbocycles. The third-order valence-electron chi connectivity index (χ3n) is 6.39. The van der Waals surface area contributed by atoms with Gasteiger partial charge in [0.2, 0.25) is 5.91 Å². The van der Waals surface area contributed by atoms with Crippen LogP contribution in [0.5, 0.6) is 0 Å². The number of pyridine rings is 1. The number of aromatic nitrogens is 1. The Morgan fingerprint density at radius 3 is 2.55 bits per heavy atom. The number of fused-ring (bicyclic) bond motifs is 2. The summed E-state index contributed by atoms with van der Waals surface area (Å²) in [5.74, 6) is 0.637. The standard InChI is InChI=1S/C23H28N4O2/c24-21-16-6-3-7-17(21)12-18(11-16)22(28)27-20-9-2-1-8-19(20)23(29)26-14-15-5-4-10-25-13-15/h1-2,4-5,8-10,13,16-18,21H,3,6-7,11-12,14,24H2,(H,26,29)(H,27,28). The molecule has 4 rings (SSSR count). The van der Waals surface area contributed by atoms with Crippen LogP contribution in [0.15, 0.2) is 48.8 Å². The van der Waals surface area contributed by atoms with E-state index in [0.717, 1.165) is 31.2 Å². The van der Waals surface area contributed by atoms with E-state index in [2.05, 4.69) is 15.6 Å². The largest absolute Gasteiger partial charge is 0.348 e. The third-order valence-corrected chi connectivity index (χ3v) is 6.39. The number of nitrogens with one attached hydrogen (secondary N) is 2. The molecule has 29 heavy (non-hydrogen) atoms. The Morgan fingerprint density at radius 1 is 1.07 bits per heavy atom. The number of anilines is 1. The van der Waals surface area contributed by atoms with Crippen molar-refractivity contribution in [3.05, 3.63) is 59.9 Å². The van der Waals surface area contributed by atoms with Crippen LogP contribution in [0.2, 0.25) is 0 Å². The minimum atomic E-state index is -0.215. The van der Waals surface area contributed by atoms with Crippen molar-refractivity contribution < 1.29 is 9.59 Å². The normalized spacial score (nSPS) is 25.8. The first-order chi connectivity index (χ1) is 14.1. The Bertz CT molecular complexity index is 856. The average Bonchev–Trinajstić information content (AvgIpc) is 2.73. The maximum atomic E-state index is 13.0. The van der Waals surface area contributed by atoms with Gasteiger partial charge in [0, 0.05) is 30.9 Å². The Balaban J connectivity index is 1.41. The Kier molecular flexibility index (Phi) is 5.90. The molecule has 6 heteroatoms. The van der Waals surface area contributed by atoms with E-state index in [0.29, 0.717) is 29.6 Å². The molecule has 6 nitrogen and oxygen atoms in total. The molecule has 2 atom stereocenters. The van der Waals surface area contributed by atoms with Crippen molar-refractivity contribution in [3.63, 3.8) is 0 Å². The maximum absolute atomic E-state index is 13.0. The number of rotatable bonds is 5. The summed E-state index contributed by atoms with van der Waals surface area (Å²) in [7, 11) is 0. The summed E-state index contributed by atoms with van der Waals surface area (Å²) in [6.45, 7) is 0.388. The number of nitrogens with two attached hydrogens (primary N) is 1. The van der Waals surface area contributed by atoms with Crippen LogP contribution in [-0.2, 0) is 11.3 Å². The fourth-order valence-electron chi connectivity index (χ4n) is 4.81. The molecule has 2 fully saturated rings. The van der Waals surface area contributed by atoms with Gasteiger partial charge in [-0.05, 0) is 61.3 Å². The van der Waals surface area contributed by atoms with E-state index >= 15 is 0 Å². The smallest absolute Gasteiger partial charge is 0.253 e. The second-order valence-electron chi connectivity index (χ2n) is 8.28. The molecular formula is C23H28N4O2. The van der Waals surface area contributed by atoms with Gasteiger partial charge in [-0.2, -0.15) is 0 Å². The topological polar surface area (TPSA) is 97.1 Å². The lowest BCUT2D eigenvalue weighted by atomic mass is 9.65. The van der Waals surface area contributed by atoms with Crippen molar-refractivity contribution in [2.24, 2.45) is 23.5 Å². The number of hydrogen-bond donors (Lipinski definition) is 3. The fraction of sp³-hybridized carbons (Fsp3) is 0.435. The summed E-state index contributed by atoms with van der Waals surface area (Å²) < 4.78 is 0. The Hall–Kier alpha value is -2.73. The van der Waals surface area contributed by atoms with Gasteiger partial charge in [-0.15, -0.1) is 0 Å². The molecule has 2 saturated carbocycles. The van der Waals surface area contributed by atoms with Gasteiger partial charge in [-0.25, -0.2) is 0 Å². The molecule has 0 spiro atoms. The van der Waals surface area contributed by atoms with E-state index in [4.69, 9.17) is 5.73 Å². The van der Waals surface area contributed by atoms with Crippen LogP contribution in [-0.4, -0.2) is 22.8 Å². The van der Waals surface area contributed by atoms with Gasteiger partial charge in [0.1, 0.15) is 0 Å². The molecule has 1 aromatic heterocycles. The highest BCUT2D eigenvalue weighted by Gasteiger charge is 2.40. The molecule has 2 unspecified atom stereocenters. The van der Waals surface area contributed by atoms with E-state index < -0.39 is 0 Å². The maximum Gasteiger partial charge on any atom is 0.253 e. The van der Waals surface area contributed by atoms with Crippen molar-refractivity contribution in [2.45, 2.75) is 44.7 Å². The zero-order valence-corrected chi connectivity index (χ0v) is 16.5. The van der Waals surface area contributed by atoms with E-state index in [9.17, 15) is 9.59 Å². The Morgan fingerprint density at radius 2 is 1.83 bits per heavy atom. The van der Waals surface area contributed by atoms with Crippen molar-refractivity contribution >= 4 is 17.5 Å². The van der Waals surface area contributed by atoms with Gasteiger partial charge >= 0.3 is 0 Å². The molecular weight excluding hydrogens is 364 g/mol. The van der Waals surface area contributed by atoms with E-state index in [-0.39, 0.29) is 23.8 Å². The lowest BCUT2D eigenvalue weighted by Crippen LogP contribution is -2.48. The number of nitrogens with zero attached hydrogens (tertiary/aromatic N) is 1. The molecule has 0 radical (unpaired) electrons. The molecule has 0 saturated heterocycles. The minimum absolute atomic E-state index is 0.00121. The lowest BCUT2D eigenvalue weighted by Gasteiger charge is -2.43. The second kappa shape index (κ2) is 8.74. The van der Waals surface area contributed by atoms with E-state index in [1.165, 1.54) is 6.42 Å². The van der Waals surface area contributed by atoms with Crippen molar-refractivity contribution in [1.82, 2.24) is 10.3 Å². The summed E-state index contributed by atoms with van der Waals surface area (Å²) in [5.41, 5.74) is 8.31. The summed E-state index contributed by atoms with van der Waals surface area (Å²) in [5, 5.41) is 5.91. The number of carbonyl (C=O) groups is 2. The first kappa shape index (κ1) is 19.6. The highest BCUT2D eigenvalue weighted by Crippen LogP contribution is 2.42. The minimum Gasteiger partial charge on any atom is -0.348 e. The molecule has 1 aromatic carbocycles. The number of hydrogen-bond acceptors (Lipinski definition) is 4. The van der Waals surface area contributed by atoms with Gasteiger partial charge in [0.15, 0.2) is 0 Å². The van der Waals surface area contributed by atoms with Crippen LogP contribution in [0.4, 0.5) is 5.69 Å². The number of amides is 2. The predicted molar refractivity (Wildman–Crippen MR) is 112 cm³/mol. The first-order valence-electron chi connectivity index (χ1n) is 10.4. The zero-order valence-electron chi connectivity index (χ0n) is 16.5. The molecule has 2 aliphatic rings. The molecule has 2 amide bonds. The summed E-state index contributed by atoms with van der Waals surface area (Å²) in [4.78, 5) is 29.7. The predicted octanol–water partition coefficient (Wildman–Crippen LogP) is 3.10. The van der Waals surface area contributed by atoms with Crippen molar-refractivity contribution in [3.8, 4) is 0 Å². The van der Waals surface area contributed by atoms with Gasteiger partial charge in [0.25, 0.3) is 5.91 Å². The number of carbonyl (C=O) groups excluding carboxylic acids is 2. The van der Waals surface area contributed by atoms with Crippen LogP contribution in [0.1, 0.15) is 48.0 Å². The summed E-state index contributed by atoms with van der Waals surface area (Å²) in [6.07, 6.45) is 8.57. The molecule has 152 valence electrons. The second-order valence-corrected chi connectivity index (χ2v) is 8.28. The zero-order chi connectivity index (χ0) is 20.2. The van der Waals surface area contributed by atoms with E-state index in [1.54, 1.807) is 30.6 Å². The highest BCUT2D eigenvalue weighted by atomic mass is 16.2. The van der Waals surface area contributed by atoms with Crippen LogP contribution in [0, 0.1) is 17.8 Å². The molecule has 2 aromatic rings. The Labute approximate surface area is 171 Å². The third kappa shape index (κ3) is 4.48. The first-order valence-corrected chi connectivity index (χ1v) is 10.4. The molecule has 0 aliphatic heterocycles. The van der Waals surface area contributed by atoms with Gasteiger partial charge in [-0.3, -0.25) is 14.6 Å². The van der Waals surface area contributed by atoms with Crippen molar-refractivity contribution in [1.29, 1.82) is 0 Å². The van der Waals surface area contributed by atoms with Crippen LogP contribution in [0.3, 0.4) is 0 Å². The highest BCUT2D eigenvalue weighted by molar-refractivity contribution is 6.04. The molecule has 2 bridgehead atoms. The van der Waals surface area contributed by atoms with Gasteiger partial charge in [-0.1, -0.05) is 24.6 Å². The van der Waals surface area contributed by atoms with Crippen LogP contribution in [0.25, 0.3) is 0 Å². The van der Waals surface area contributed by atoms with Gasteiger partial charge in [0.05, 0.1) is 11.3 Å². The van der Waals surface area contributed by atoms with Crippen LogP contribution < -0.4 is 16.4 Å². The molecule has 4 N–H and O–H groups in total. The average molecular weight is 393 g/mol. The van der Waals surface area contributed by atoms with Gasteiger partial charge < -0.3 is 16.4 Å². The van der Waals surface area contributed by atoms with Crippen LogP contribution >= 0.6 is 0 Å². The fourth-order valence-corrected chi connectivity index (χ4v) is 4.81. The quantitative estimate of drug-likeness (QED) is 0.728. The molecule has 1 heterocycles. The SMILES string of the molecule is NC1C2CCCC1CC(C(=O)Nc1ccccc1C(=O)NCc1cccnc1)C2. The summed E-state index contributed by atoms with van der Waals surface area (Å²) >= 11 is 0. The van der Waals surface area contributed by atoms with E-state index in [1.807, 2.05) is 18.2 Å². The summed E-state index contributed by atoms with van der Waals surface area (Å²) in [6, 6.07) is 11.1. The monoisotopic (exact) mass is 392 g/mol.